The molecule has 2 aliphatic rings. The fourth-order valence-electron chi connectivity index (χ4n) is 4.13. The van der Waals surface area contributed by atoms with E-state index in [0.717, 1.165) is 10.9 Å². The number of phosphoric ester groups is 2. The molecule has 22 nitrogen and oxygen atoms in total. The highest BCUT2D eigenvalue weighted by Gasteiger charge is 2.50. The number of rotatable bonds is 11. The Kier molecular flexibility index (Phi) is 10.6. The van der Waals surface area contributed by atoms with E-state index in [-0.39, 0.29) is 21.5 Å². The van der Waals surface area contributed by atoms with Gasteiger partial charge in [0.1, 0.15) is 42.7 Å². The molecule has 2 aromatic heterocycles. The molecule has 2 saturated heterocycles. The number of ether oxygens (including phenoxy) is 2. The van der Waals surface area contributed by atoms with Gasteiger partial charge in [0.15, 0.2) is 23.7 Å². The molecule has 25 heteroatoms. The van der Waals surface area contributed by atoms with Crippen molar-refractivity contribution in [3.63, 3.8) is 0 Å². The van der Waals surface area contributed by atoms with Crippen LogP contribution in [0.5, 0.6) is 0 Å². The normalized spacial score (nSPS) is 34.1. The van der Waals surface area contributed by atoms with E-state index in [1.807, 2.05) is 0 Å². The lowest BCUT2D eigenvalue weighted by Gasteiger charge is -2.40. The van der Waals surface area contributed by atoms with Crippen molar-refractivity contribution in [3.05, 3.63) is 16.7 Å². The Labute approximate surface area is 253 Å². The zero-order valence-corrected chi connectivity index (χ0v) is 25.3. The van der Waals surface area contributed by atoms with Gasteiger partial charge in [-0.25, -0.2) is 14.1 Å². The first-order chi connectivity index (χ1) is 20.0. The Morgan fingerprint density at radius 2 is 1.74 bits per heavy atom. The maximum Gasteiger partial charge on any atom is 0.483 e. The van der Waals surface area contributed by atoms with E-state index in [2.05, 4.69) is 33.6 Å². The number of carbonyl (C=O) groups is 1. The monoisotopic (exact) mass is 772 g/mol. The molecule has 2 aromatic rings. The molecule has 0 aromatic carbocycles. The number of phosphoric acid groups is 2. The van der Waals surface area contributed by atoms with Crippen LogP contribution < -0.4 is 16.6 Å². The summed E-state index contributed by atoms with van der Waals surface area (Å²) in [4.78, 5) is 53.5. The quantitative estimate of drug-likeness (QED) is 0.0590. The number of halogens is 1. The van der Waals surface area contributed by atoms with Crippen molar-refractivity contribution in [2.75, 3.05) is 23.3 Å². The second-order valence-corrected chi connectivity index (χ2v) is 13.0. The highest BCUT2D eigenvalue weighted by Crippen LogP contribution is 2.61. The van der Waals surface area contributed by atoms with E-state index in [0.29, 0.717) is 0 Å². The number of amides is 1. The van der Waals surface area contributed by atoms with Crippen LogP contribution in [0.25, 0.3) is 11.2 Å². The summed E-state index contributed by atoms with van der Waals surface area (Å²) in [6, 6.07) is 0. The molecule has 4 heterocycles. The SMILES string of the molecule is Nc1nc2c(ncn2C2OC(COP(=O)(O)OP(=O)(O)OC3OC(CNC(=O)CI)C(O)C(O)C3O)C(O)C2O)c(=O)[nH]1. The van der Waals surface area contributed by atoms with Crippen molar-refractivity contribution < 1.29 is 72.1 Å². The van der Waals surface area contributed by atoms with Gasteiger partial charge < -0.3 is 55.8 Å². The summed E-state index contributed by atoms with van der Waals surface area (Å²) in [7, 11) is -11.2. The first-order valence-electron chi connectivity index (χ1n) is 12.0. The van der Waals surface area contributed by atoms with Gasteiger partial charge in [0, 0.05) is 6.54 Å². The number of hydrogen-bond donors (Lipinski definition) is 10. The summed E-state index contributed by atoms with van der Waals surface area (Å²) in [6.45, 7) is -1.41. The van der Waals surface area contributed by atoms with E-state index >= 15 is 0 Å². The number of nitrogens with zero attached hydrogens (tertiary/aromatic N) is 3. The lowest BCUT2D eigenvalue weighted by Crippen LogP contribution is -2.60. The summed E-state index contributed by atoms with van der Waals surface area (Å²) in [5, 5.41) is 53.4. The van der Waals surface area contributed by atoms with E-state index < -0.39 is 95.5 Å². The molecule has 0 aliphatic carbocycles. The van der Waals surface area contributed by atoms with Gasteiger partial charge in [-0.15, -0.1) is 0 Å². The minimum atomic E-state index is -5.64. The lowest BCUT2D eigenvalue weighted by molar-refractivity contribution is -0.273. The Balaban J connectivity index is 1.38. The van der Waals surface area contributed by atoms with Crippen LogP contribution in [0.2, 0.25) is 0 Å². The smallest absolute Gasteiger partial charge is 0.388 e. The van der Waals surface area contributed by atoms with E-state index in [9.17, 15) is 54.0 Å². The number of anilines is 1. The average Bonchev–Trinajstić information content (AvgIpc) is 3.46. The molecule has 11 atom stereocenters. The maximum atomic E-state index is 12.5. The summed E-state index contributed by atoms with van der Waals surface area (Å²) in [5.74, 6) is -0.759. The molecule has 0 saturated carbocycles. The number of nitrogens with one attached hydrogen (secondary N) is 2. The number of nitrogen functional groups attached to an aromatic ring is 1. The maximum absolute atomic E-state index is 12.5. The number of aromatic nitrogens is 4. The van der Waals surface area contributed by atoms with Crippen LogP contribution in [0.4, 0.5) is 5.95 Å². The number of imidazole rings is 1. The van der Waals surface area contributed by atoms with Gasteiger partial charge in [0.25, 0.3) is 5.56 Å². The second-order valence-electron chi connectivity index (χ2n) is 9.19. The number of aliphatic hydroxyl groups excluding tert-OH is 5. The van der Waals surface area contributed by atoms with E-state index in [1.165, 1.54) is 0 Å². The van der Waals surface area contributed by atoms with Gasteiger partial charge in [-0.3, -0.25) is 28.2 Å². The molecular weight excluding hydrogens is 745 g/mol. The third-order valence-corrected chi connectivity index (χ3v) is 9.49. The summed E-state index contributed by atoms with van der Waals surface area (Å²) >= 11 is 1.75. The van der Waals surface area contributed by atoms with E-state index in [1.54, 1.807) is 22.6 Å². The molecule has 11 N–H and O–H groups in total. The van der Waals surface area contributed by atoms with Crippen molar-refractivity contribution in [3.8, 4) is 0 Å². The van der Waals surface area contributed by atoms with E-state index in [4.69, 9.17) is 15.2 Å². The summed E-state index contributed by atoms with van der Waals surface area (Å²) in [6.07, 6.45) is -14.9. The topological polar surface area (TPSA) is 341 Å². The molecule has 1 amide bonds. The number of fused-ring (bicyclic) bond motifs is 1. The molecule has 11 unspecified atom stereocenters. The van der Waals surface area contributed by atoms with Crippen LogP contribution in [0.1, 0.15) is 6.23 Å². The number of aromatic amines is 1. The van der Waals surface area contributed by atoms with Crippen molar-refractivity contribution in [1.29, 1.82) is 0 Å². The van der Waals surface area contributed by atoms with Gasteiger partial charge in [0.2, 0.25) is 11.9 Å². The van der Waals surface area contributed by atoms with Crippen molar-refractivity contribution in [2.45, 2.75) is 55.2 Å². The number of carbonyl (C=O) groups excluding carboxylic acids is 1. The summed E-state index contributed by atoms with van der Waals surface area (Å²) < 4.78 is 50.0. The molecule has 0 spiro atoms. The van der Waals surface area contributed by atoms with Gasteiger partial charge in [-0.05, 0) is 0 Å². The number of hydrogen-bond acceptors (Lipinski definition) is 17. The highest BCUT2D eigenvalue weighted by atomic mass is 127. The first kappa shape index (κ1) is 34.2. The zero-order valence-electron chi connectivity index (χ0n) is 21.4. The Hall–Kier alpha value is -1.67. The van der Waals surface area contributed by atoms with Crippen LogP contribution in [0, 0.1) is 0 Å². The van der Waals surface area contributed by atoms with Gasteiger partial charge >= 0.3 is 15.6 Å². The van der Waals surface area contributed by atoms with Gasteiger partial charge in [-0.1, -0.05) is 22.6 Å². The molecule has 2 aliphatic heterocycles. The summed E-state index contributed by atoms with van der Waals surface area (Å²) in [5.41, 5.74) is 4.55. The average molecular weight is 772 g/mol. The third kappa shape index (κ3) is 7.77. The fraction of sp³-hybridized carbons (Fsp3) is 0.667. The van der Waals surface area contributed by atoms with Crippen LogP contribution >= 0.6 is 38.2 Å². The Morgan fingerprint density at radius 1 is 1.07 bits per heavy atom. The standard InChI is InChI=1S/C18H27IN6O16P2/c19-1-7(26)21-2-5-9(27)11(29)13(31)17(39-5)40-43(35,36)41-42(33,34)37-3-6-10(28)12(30)16(38-6)25-4-22-8-14(25)23-18(20)24-15(8)32/h4-6,9-13,16-17,27-31H,1-3H2,(H,21,26)(H,33,34)(H,35,36)(H3,20,23,24,32). The van der Waals surface area contributed by atoms with Gasteiger partial charge in [-0.2, -0.15) is 9.29 Å². The molecule has 43 heavy (non-hydrogen) atoms. The second kappa shape index (κ2) is 13.4. The number of alkyl halides is 1. The number of aliphatic hydroxyl groups is 5. The Morgan fingerprint density at radius 3 is 2.42 bits per heavy atom. The predicted octanol–water partition coefficient (Wildman–Crippen LogP) is -4.07. The number of nitrogens with two attached hydrogens (primary N) is 1. The molecule has 0 bridgehead atoms. The fourth-order valence-corrected chi connectivity index (χ4v) is 6.56. The third-order valence-electron chi connectivity index (χ3n) is 6.20. The molecule has 242 valence electrons. The van der Waals surface area contributed by atoms with Crippen molar-refractivity contribution in [1.82, 2.24) is 24.8 Å². The minimum absolute atomic E-state index is 0.0353. The Bertz CT molecular complexity index is 1480. The highest BCUT2D eigenvalue weighted by molar-refractivity contribution is 14.1. The van der Waals surface area contributed by atoms with Crippen LogP contribution in [-0.4, -0.2) is 127 Å². The molecular formula is C18H27IN6O16P2. The van der Waals surface area contributed by atoms with Crippen molar-refractivity contribution >= 4 is 61.3 Å². The van der Waals surface area contributed by atoms with Crippen molar-refractivity contribution in [2.24, 2.45) is 0 Å². The van der Waals surface area contributed by atoms with Crippen LogP contribution in [-0.2, 0) is 36.8 Å². The van der Waals surface area contributed by atoms with Gasteiger partial charge in [0.05, 0.1) is 17.4 Å². The van der Waals surface area contributed by atoms with Crippen LogP contribution in [0.3, 0.4) is 0 Å². The lowest BCUT2D eigenvalue weighted by atomic mass is 9.99. The zero-order chi connectivity index (χ0) is 31.9. The predicted molar refractivity (Wildman–Crippen MR) is 145 cm³/mol. The minimum Gasteiger partial charge on any atom is -0.388 e. The largest absolute Gasteiger partial charge is 0.483 e. The molecule has 2 fully saturated rings. The number of H-pyrrole nitrogens is 1. The molecule has 4 rings (SSSR count). The molecule has 0 radical (unpaired) electrons. The first-order valence-corrected chi connectivity index (χ1v) is 16.5. The van der Waals surface area contributed by atoms with Crippen LogP contribution in [0.15, 0.2) is 11.1 Å².